The van der Waals surface area contributed by atoms with E-state index in [1.807, 2.05) is 36.4 Å². The van der Waals surface area contributed by atoms with Crippen LogP contribution in [-0.2, 0) is 9.53 Å². The van der Waals surface area contributed by atoms with Crippen LogP contribution < -0.4 is 10.6 Å². The number of rotatable bonds is 4. The summed E-state index contributed by atoms with van der Waals surface area (Å²) in [5.74, 6) is -0.449. The zero-order chi connectivity index (χ0) is 18.7. The van der Waals surface area contributed by atoms with Crippen molar-refractivity contribution in [2.75, 3.05) is 6.61 Å². The SMILES string of the molecule is CCOC(=O)C1=C(c2ccccc2)NC(=S)NC1c1cccc(Cl)c1Cl. The van der Waals surface area contributed by atoms with E-state index in [-0.39, 0.29) is 6.61 Å². The summed E-state index contributed by atoms with van der Waals surface area (Å²) in [5, 5.41) is 7.34. The molecule has 0 fully saturated rings. The number of halogens is 2. The monoisotopic (exact) mass is 406 g/mol. The van der Waals surface area contributed by atoms with Crippen LogP contribution in [0, 0.1) is 0 Å². The van der Waals surface area contributed by atoms with Gasteiger partial charge in [0.15, 0.2) is 5.11 Å². The molecule has 1 unspecified atom stereocenters. The number of hydrogen-bond donors (Lipinski definition) is 2. The molecule has 0 aromatic heterocycles. The fraction of sp³-hybridized carbons (Fsp3) is 0.158. The van der Waals surface area contributed by atoms with Crippen molar-refractivity contribution in [1.29, 1.82) is 0 Å². The highest BCUT2D eigenvalue weighted by molar-refractivity contribution is 7.80. The Morgan fingerprint density at radius 3 is 2.58 bits per heavy atom. The molecule has 7 heteroatoms. The summed E-state index contributed by atoms with van der Waals surface area (Å²) in [7, 11) is 0. The first-order valence-electron chi connectivity index (χ1n) is 8.01. The van der Waals surface area contributed by atoms with Crippen molar-refractivity contribution in [3.05, 3.63) is 75.3 Å². The standard InChI is InChI=1S/C19H16Cl2N2O2S/c1-2-25-18(24)14-16(11-7-4-3-5-8-11)22-19(26)23-17(14)12-9-6-10-13(20)15(12)21/h3-10,17H,2H2,1H3,(H2,22,23,26). The summed E-state index contributed by atoms with van der Waals surface area (Å²) in [5.41, 5.74) is 2.46. The summed E-state index contributed by atoms with van der Waals surface area (Å²) in [6, 6.07) is 14.2. The average Bonchev–Trinajstić information content (AvgIpc) is 2.64. The van der Waals surface area contributed by atoms with Crippen LogP contribution in [0.5, 0.6) is 0 Å². The molecular formula is C19H16Cl2N2O2S. The van der Waals surface area contributed by atoms with E-state index < -0.39 is 12.0 Å². The molecule has 1 aliphatic rings. The molecule has 26 heavy (non-hydrogen) atoms. The van der Waals surface area contributed by atoms with Gasteiger partial charge in [0.25, 0.3) is 0 Å². The predicted octanol–water partition coefficient (Wildman–Crippen LogP) is 4.49. The van der Waals surface area contributed by atoms with Gasteiger partial charge in [0.1, 0.15) is 0 Å². The van der Waals surface area contributed by atoms with Gasteiger partial charge in [0.05, 0.1) is 34.0 Å². The maximum absolute atomic E-state index is 12.8. The first kappa shape index (κ1) is 18.7. The molecular weight excluding hydrogens is 391 g/mol. The van der Waals surface area contributed by atoms with E-state index in [2.05, 4.69) is 10.6 Å². The number of nitrogens with one attached hydrogen (secondary N) is 2. The summed E-state index contributed by atoms with van der Waals surface area (Å²) in [6.45, 7) is 2.02. The highest BCUT2D eigenvalue weighted by Crippen LogP contribution is 2.37. The molecule has 0 aliphatic carbocycles. The molecule has 0 radical (unpaired) electrons. The molecule has 0 saturated carbocycles. The number of carbonyl (C=O) groups is 1. The number of thiocarbonyl (C=S) groups is 1. The van der Waals surface area contributed by atoms with Gasteiger partial charge in [-0.25, -0.2) is 4.79 Å². The van der Waals surface area contributed by atoms with Crippen LogP contribution >= 0.6 is 35.4 Å². The summed E-state index contributed by atoms with van der Waals surface area (Å²) in [6.07, 6.45) is 0. The summed E-state index contributed by atoms with van der Waals surface area (Å²) in [4.78, 5) is 12.8. The zero-order valence-electron chi connectivity index (χ0n) is 13.9. The van der Waals surface area contributed by atoms with Crippen LogP contribution in [0.3, 0.4) is 0 Å². The van der Waals surface area contributed by atoms with Crippen molar-refractivity contribution < 1.29 is 9.53 Å². The van der Waals surface area contributed by atoms with E-state index in [0.717, 1.165) is 5.56 Å². The minimum Gasteiger partial charge on any atom is -0.463 e. The highest BCUT2D eigenvalue weighted by Gasteiger charge is 2.34. The third kappa shape index (κ3) is 3.70. The molecule has 0 spiro atoms. The Kier molecular flexibility index (Phi) is 5.81. The van der Waals surface area contributed by atoms with Crippen molar-refractivity contribution in [1.82, 2.24) is 10.6 Å². The molecule has 1 heterocycles. The second-order valence-corrected chi connectivity index (χ2v) is 6.74. The fourth-order valence-electron chi connectivity index (χ4n) is 2.80. The molecule has 1 atom stereocenters. The van der Waals surface area contributed by atoms with Gasteiger partial charge < -0.3 is 15.4 Å². The first-order valence-corrected chi connectivity index (χ1v) is 9.17. The van der Waals surface area contributed by atoms with Crippen LogP contribution in [0.4, 0.5) is 0 Å². The Bertz CT molecular complexity index is 884. The van der Waals surface area contributed by atoms with E-state index in [1.165, 1.54) is 0 Å². The minimum atomic E-state index is -0.579. The molecule has 0 amide bonds. The largest absolute Gasteiger partial charge is 0.463 e. The minimum absolute atomic E-state index is 0.255. The highest BCUT2D eigenvalue weighted by atomic mass is 35.5. The summed E-state index contributed by atoms with van der Waals surface area (Å²) < 4.78 is 5.29. The second kappa shape index (κ2) is 8.08. The third-order valence-corrected chi connectivity index (χ3v) is 4.98. The Hall–Kier alpha value is -2.08. The van der Waals surface area contributed by atoms with Crippen LogP contribution in [0.15, 0.2) is 54.1 Å². The van der Waals surface area contributed by atoms with Crippen LogP contribution in [0.25, 0.3) is 5.70 Å². The average molecular weight is 407 g/mol. The first-order chi connectivity index (χ1) is 12.5. The molecule has 2 aromatic rings. The number of ether oxygens (including phenoxy) is 1. The van der Waals surface area contributed by atoms with Gasteiger partial charge in [-0.1, -0.05) is 65.7 Å². The van der Waals surface area contributed by atoms with Crippen molar-refractivity contribution in [3.63, 3.8) is 0 Å². The molecule has 134 valence electrons. The lowest BCUT2D eigenvalue weighted by Crippen LogP contribution is -2.45. The molecule has 0 bridgehead atoms. The van der Waals surface area contributed by atoms with Crippen LogP contribution in [-0.4, -0.2) is 17.7 Å². The van der Waals surface area contributed by atoms with Gasteiger partial charge in [-0.05, 0) is 36.3 Å². The maximum atomic E-state index is 12.8. The van der Waals surface area contributed by atoms with Crippen molar-refractivity contribution >= 4 is 52.2 Å². The van der Waals surface area contributed by atoms with E-state index in [0.29, 0.717) is 32.0 Å². The molecule has 2 N–H and O–H groups in total. The number of esters is 1. The summed E-state index contributed by atoms with van der Waals surface area (Å²) >= 11 is 17.9. The lowest BCUT2D eigenvalue weighted by molar-refractivity contribution is -0.138. The third-order valence-electron chi connectivity index (χ3n) is 3.92. The number of benzene rings is 2. The van der Waals surface area contributed by atoms with Gasteiger partial charge in [0, 0.05) is 0 Å². The fourth-order valence-corrected chi connectivity index (χ4v) is 3.44. The zero-order valence-corrected chi connectivity index (χ0v) is 16.2. The van der Waals surface area contributed by atoms with Crippen molar-refractivity contribution in [2.24, 2.45) is 0 Å². The molecule has 3 rings (SSSR count). The van der Waals surface area contributed by atoms with Gasteiger partial charge >= 0.3 is 5.97 Å². The smallest absolute Gasteiger partial charge is 0.338 e. The molecule has 4 nitrogen and oxygen atoms in total. The Labute approximate surface area is 167 Å². The van der Waals surface area contributed by atoms with Gasteiger partial charge in [0.2, 0.25) is 0 Å². The predicted molar refractivity (Wildman–Crippen MR) is 108 cm³/mol. The lowest BCUT2D eigenvalue weighted by Gasteiger charge is -2.31. The van der Waals surface area contributed by atoms with Crippen LogP contribution in [0.1, 0.15) is 24.1 Å². The van der Waals surface area contributed by atoms with E-state index in [4.69, 9.17) is 40.2 Å². The Balaban J connectivity index is 2.22. The van der Waals surface area contributed by atoms with E-state index in [1.54, 1.807) is 19.1 Å². The number of carbonyl (C=O) groups excluding carboxylic acids is 1. The normalized spacial score (nSPS) is 16.7. The quantitative estimate of drug-likeness (QED) is 0.578. The molecule has 0 saturated heterocycles. The lowest BCUT2D eigenvalue weighted by atomic mass is 9.92. The maximum Gasteiger partial charge on any atom is 0.338 e. The van der Waals surface area contributed by atoms with E-state index in [9.17, 15) is 4.79 Å². The van der Waals surface area contributed by atoms with Gasteiger partial charge in [-0.15, -0.1) is 0 Å². The van der Waals surface area contributed by atoms with Gasteiger partial charge in [-0.3, -0.25) is 0 Å². The van der Waals surface area contributed by atoms with Crippen molar-refractivity contribution in [3.8, 4) is 0 Å². The molecule has 2 aromatic carbocycles. The second-order valence-electron chi connectivity index (χ2n) is 5.55. The van der Waals surface area contributed by atoms with Gasteiger partial charge in [-0.2, -0.15) is 0 Å². The Morgan fingerprint density at radius 1 is 1.15 bits per heavy atom. The molecule has 1 aliphatic heterocycles. The van der Waals surface area contributed by atoms with E-state index >= 15 is 0 Å². The van der Waals surface area contributed by atoms with Crippen molar-refractivity contribution in [2.45, 2.75) is 13.0 Å². The topological polar surface area (TPSA) is 50.4 Å². The number of hydrogen-bond acceptors (Lipinski definition) is 3. The van der Waals surface area contributed by atoms with Crippen LogP contribution in [0.2, 0.25) is 10.0 Å². The Morgan fingerprint density at radius 2 is 1.88 bits per heavy atom.